The molecule has 124 valence electrons. The highest BCUT2D eigenvalue weighted by Crippen LogP contribution is 2.27. The predicted molar refractivity (Wildman–Crippen MR) is 95.2 cm³/mol. The molecule has 2 heterocycles. The van der Waals surface area contributed by atoms with Crippen molar-refractivity contribution in [3.63, 3.8) is 0 Å². The molecule has 0 radical (unpaired) electrons. The molecular weight excluding hydrogens is 320 g/mol. The first-order valence-corrected chi connectivity index (χ1v) is 9.25. The van der Waals surface area contributed by atoms with E-state index in [2.05, 4.69) is 15.3 Å². The molecule has 0 bridgehead atoms. The molecule has 5 nitrogen and oxygen atoms in total. The Bertz CT molecular complexity index is 845. The molecule has 0 aliphatic heterocycles. The van der Waals surface area contributed by atoms with Crippen molar-refractivity contribution in [2.45, 2.75) is 38.6 Å². The molecule has 6 heteroatoms. The molecule has 0 atom stereocenters. The Morgan fingerprint density at radius 2 is 2.21 bits per heavy atom. The molecule has 3 aromatic rings. The van der Waals surface area contributed by atoms with Gasteiger partial charge in [0.05, 0.1) is 28.1 Å². The van der Waals surface area contributed by atoms with E-state index in [1.165, 1.54) is 23.4 Å². The minimum atomic E-state index is 0.0804. The fourth-order valence-electron chi connectivity index (χ4n) is 3.16. The number of aryl methyl sites for hydroxylation is 3. The monoisotopic (exact) mass is 340 g/mol. The highest BCUT2D eigenvalue weighted by atomic mass is 32.1. The van der Waals surface area contributed by atoms with E-state index in [0.29, 0.717) is 19.5 Å². The molecule has 0 spiro atoms. The van der Waals surface area contributed by atoms with Crippen LogP contribution < -0.4 is 5.32 Å². The lowest BCUT2D eigenvalue weighted by molar-refractivity contribution is -0.121. The second kappa shape index (κ2) is 6.73. The van der Waals surface area contributed by atoms with E-state index in [1.807, 2.05) is 40.2 Å². The molecule has 0 fully saturated rings. The summed E-state index contributed by atoms with van der Waals surface area (Å²) in [7, 11) is 0. The number of thiazole rings is 1. The molecule has 1 aliphatic rings. The smallest absolute Gasteiger partial charge is 0.221 e. The van der Waals surface area contributed by atoms with Crippen molar-refractivity contribution >= 4 is 28.3 Å². The molecule has 0 unspecified atom stereocenters. The molecule has 1 N–H and O–H groups in total. The second-order valence-electron chi connectivity index (χ2n) is 6.11. The lowest BCUT2D eigenvalue weighted by Gasteiger charge is -2.06. The zero-order valence-corrected chi connectivity index (χ0v) is 14.3. The Morgan fingerprint density at radius 3 is 3.12 bits per heavy atom. The van der Waals surface area contributed by atoms with Gasteiger partial charge in [-0.3, -0.25) is 4.79 Å². The zero-order valence-electron chi connectivity index (χ0n) is 13.5. The molecule has 1 amide bonds. The molecule has 2 aromatic heterocycles. The lowest BCUT2D eigenvalue weighted by Crippen LogP contribution is -2.26. The summed E-state index contributed by atoms with van der Waals surface area (Å²) in [4.78, 5) is 22.5. The van der Waals surface area contributed by atoms with Gasteiger partial charge >= 0.3 is 0 Å². The summed E-state index contributed by atoms with van der Waals surface area (Å²) in [6.45, 7) is 1.31. The van der Waals surface area contributed by atoms with Gasteiger partial charge in [-0.2, -0.15) is 0 Å². The van der Waals surface area contributed by atoms with Crippen LogP contribution in [0.2, 0.25) is 0 Å². The maximum atomic E-state index is 12.0. The SMILES string of the molecule is O=C(CCn1cnc2ccccc21)NCCc1nc2c(s1)CCC2. The quantitative estimate of drug-likeness (QED) is 0.750. The topological polar surface area (TPSA) is 59.8 Å². The number of benzene rings is 1. The number of hydrogen-bond donors (Lipinski definition) is 1. The van der Waals surface area contributed by atoms with Gasteiger partial charge in [-0.05, 0) is 31.4 Å². The van der Waals surface area contributed by atoms with Crippen LogP contribution in [0.4, 0.5) is 0 Å². The Hall–Kier alpha value is -2.21. The fourth-order valence-corrected chi connectivity index (χ4v) is 4.31. The molecular formula is C18H20N4OS. The van der Waals surface area contributed by atoms with Crippen molar-refractivity contribution in [3.8, 4) is 0 Å². The largest absolute Gasteiger partial charge is 0.356 e. The Morgan fingerprint density at radius 1 is 1.29 bits per heavy atom. The summed E-state index contributed by atoms with van der Waals surface area (Å²) in [6, 6.07) is 7.98. The summed E-state index contributed by atoms with van der Waals surface area (Å²) in [5.41, 5.74) is 3.32. The van der Waals surface area contributed by atoms with E-state index in [0.717, 1.165) is 28.9 Å². The first-order chi connectivity index (χ1) is 11.8. The molecule has 1 aliphatic carbocycles. The van der Waals surface area contributed by atoms with E-state index in [4.69, 9.17) is 0 Å². The van der Waals surface area contributed by atoms with Crippen molar-refractivity contribution in [1.82, 2.24) is 19.9 Å². The maximum absolute atomic E-state index is 12.0. The predicted octanol–water partition coefficient (Wildman–Crippen LogP) is 2.73. The number of imidazole rings is 1. The first kappa shape index (κ1) is 15.3. The maximum Gasteiger partial charge on any atom is 0.221 e. The number of aromatic nitrogens is 3. The highest BCUT2D eigenvalue weighted by Gasteiger charge is 2.16. The average molecular weight is 340 g/mol. The molecule has 0 saturated carbocycles. The number of rotatable bonds is 6. The third-order valence-corrected chi connectivity index (χ3v) is 5.63. The summed E-state index contributed by atoms with van der Waals surface area (Å²) >= 11 is 1.81. The van der Waals surface area contributed by atoms with Gasteiger partial charge in [0.15, 0.2) is 0 Å². The number of hydrogen-bond acceptors (Lipinski definition) is 4. The van der Waals surface area contributed by atoms with Crippen molar-refractivity contribution in [1.29, 1.82) is 0 Å². The van der Waals surface area contributed by atoms with Crippen LogP contribution in [0.5, 0.6) is 0 Å². The van der Waals surface area contributed by atoms with Crippen LogP contribution in [0, 0.1) is 0 Å². The van der Waals surface area contributed by atoms with Gasteiger partial charge in [-0.25, -0.2) is 9.97 Å². The number of carbonyl (C=O) groups is 1. The average Bonchev–Trinajstić information content (AvgIpc) is 3.27. The van der Waals surface area contributed by atoms with Crippen molar-refractivity contribution in [2.75, 3.05) is 6.54 Å². The van der Waals surface area contributed by atoms with Crippen LogP contribution in [-0.4, -0.2) is 27.0 Å². The first-order valence-electron chi connectivity index (χ1n) is 8.43. The summed E-state index contributed by atoms with van der Waals surface area (Å²) in [6.07, 6.45) is 6.64. The standard InChI is InChI=1S/C18H20N4OS/c23-17(9-11-22-12-20-13-4-1-2-6-15(13)22)19-10-8-18-21-14-5-3-7-16(14)24-18/h1-2,4,6,12H,3,5,7-11H2,(H,19,23). The van der Waals surface area contributed by atoms with Gasteiger partial charge in [0, 0.05) is 30.8 Å². The summed E-state index contributed by atoms with van der Waals surface area (Å²) in [5, 5.41) is 4.15. The molecule has 4 rings (SSSR count). The third-order valence-electron chi connectivity index (χ3n) is 4.41. The van der Waals surface area contributed by atoms with E-state index >= 15 is 0 Å². The minimum Gasteiger partial charge on any atom is -0.356 e. The Labute approximate surface area is 144 Å². The van der Waals surface area contributed by atoms with Gasteiger partial charge < -0.3 is 9.88 Å². The van der Waals surface area contributed by atoms with Crippen LogP contribution in [-0.2, 0) is 30.6 Å². The number of nitrogens with one attached hydrogen (secondary N) is 1. The van der Waals surface area contributed by atoms with Gasteiger partial charge in [-0.1, -0.05) is 12.1 Å². The highest BCUT2D eigenvalue weighted by molar-refractivity contribution is 7.11. The number of para-hydroxylation sites is 2. The summed E-state index contributed by atoms with van der Waals surface area (Å²) in [5.74, 6) is 0.0804. The Kier molecular flexibility index (Phi) is 4.30. The number of amides is 1. The lowest BCUT2D eigenvalue weighted by atomic mass is 10.3. The molecule has 0 saturated heterocycles. The summed E-state index contributed by atoms with van der Waals surface area (Å²) < 4.78 is 2.03. The minimum absolute atomic E-state index is 0.0804. The molecule has 1 aromatic carbocycles. The van der Waals surface area contributed by atoms with Gasteiger partial charge in [0.2, 0.25) is 5.91 Å². The van der Waals surface area contributed by atoms with Gasteiger partial charge in [0.1, 0.15) is 0 Å². The van der Waals surface area contributed by atoms with E-state index in [1.54, 1.807) is 6.33 Å². The van der Waals surface area contributed by atoms with Crippen LogP contribution in [0.25, 0.3) is 11.0 Å². The fraction of sp³-hybridized carbons (Fsp3) is 0.389. The van der Waals surface area contributed by atoms with E-state index in [-0.39, 0.29) is 5.91 Å². The number of fused-ring (bicyclic) bond motifs is 2. The second-order valence-corrected chi connectivity index (χ2v) is 7.28. The van der Waals surface area contributed by atoms with Gasteiger partial charge in [-0.15, -0.1) is 11.3 Å². The van der Waals surface area contributed by atoms with E-state index < -0.39 is 0 Å². The van der Waals surface area contributed by atoms with Gasteiger partial charge in [0.25, 0.3) is 0 Å². The van der Waals surface area contributed by atoms with Crippen molar-refractivity contribution in [2.24, 2.45) is 0 Å². The number of nitrogens with zero attached hydrogens (tertiary/aromatic N) is 3. The molecule has 24 heavy (non-hydrogen) atoms. The van der Waals surface area contributed by atoms with E-state index in [9.17, 15) is 4.79 Å². The van der Waals surface area contributed by atoms with Crippen molar-refractivity contribution < 1.29 is 4.79 Å². The van der Waals surface area contributed by atoms with Crippen molar-refractivity contribution in [3.05, 3.63) is 46.2 Å². The van der Waals surface area contributed by atoms with Crippen LogP contribution >= 0.6 is 11.3 Å². The Balaban J connectivity index is 1.24. The normalized spacial score (nSPS) is 13.3. The third kappa shape index (κ3) is 3.19. The number of carbonyl (C=O) groups excluding carboxylic acids is 1. The van der Waals surface area contributed by atoms with Crippen LogP contribution in [0.1, 0.15) is 28.4 Å². The van der Waals surface area contributed by atoms with Crippen LogP contribution in [0.3, 0.4) is 0 Å². The zero-order chi connectivity index (χ0) is 16.4. The van der Waals surface area contributed by atoms with Crippen LogP contribution in [0.15, 0.2) is 30.6 Å².